The molecule has 2 aromatic carbocycles. The first-order valence-corrected chi connectivity index (χ1v) is 9.23. The smallest absolute Gasteiger partial charge is 0.0998 e. The molecule has 2 aromatic rings. The van der Waals surface area contributed by atoms with E-state index >= 15 is 0 Å². The summed E-state index contributed by atoms with van der Waals surface area (Å²) in [5.74, 6) is 0. The molecule has 1 aliphatic heterocycles. The Labute approximate surface area is 151 Å². The molecule has 0 radical (unpaired) electrons. The molecule has 0 unspecified atom stereocenters. The van der Waals surface area contributed by atoms with E-state index < -0.39 is 0 Å². The topological polar surface area (TPSA) is 30.3 Å². The Balaban J connectivity index is 1.78. The van der Waals surface area contributed by atoms with Gasteiger partial charge in [-0.3, -0.25) is 4.90 Å². The summed E-state index contributed by atoms with van der Waals surface area (Å²) in [6, 6.07) is 17.3. The lowest BCUT2D eigenvalue weighted by Crippen LogP contribution is -2.28. The van der Waals surface area contributed by atoms with Crippen LogP contribution in [0.4, 0.5) is 0 Å². The van der Waals surface area contributed by atoms with Gasteiger partial charge in [-0.1, -0.05) is 43.3 Å². The molecule has 3 nitrogen and oxygen atoms in total. The molecule has 0 aliphatic carbocycles. The SMILES string of the molecule is CCc1ccc(-c2ccc(CN3CCCN(C)CC3)cc2C#N)cc1. The molecule has 1 heterocycles. The highest BCUT2D eigenvalue weighted by Gasteiger charge is 2.13. The first-order valence-electron chi connectivity index (χ1n) is 9.23. The van der Waals surface area contributed by atoms with Gasteiger partial charge in [0.05, 0.1) is 11.6 Å². The van der Waals surface area contributed by atoms with Crippen LogP contribution in [0.15, 0.2) is 42.5 Å². The standard InChI is InChI=1S/C22H27N3/c1-3-18-5-8-20(9-6-18)22-10-7-19(15-21(22)16-23)17-25-12-4-11-24(2)13-14-25/h5-10,15H,3-4,11-14,17H2,1-2H3. The zero-order chi connectivity index (χ0) is 17.6. The Morgan fingerprint density at radius 1 is 0.960 bits per heavy atom. The second-order valence-electron chi connectivity index (χ2n) is 6.98. The zero-order valence-electron chi connectivity index (χ0n) is 15.3. The second-order valence-corrected chi connectivity index (χ2v) is 6.98. The second kappa shape index (κ2) is 8.29. The van der Waals surface area contributed by atoms with Gasteiger partial charge in [-0.05, 0) is 61.3 Å². The summed E-state index contributed by atoms with van der Waals surface area (Å²) in [5, 5.41) is 9.62. The molecule has 0 atom stereocenters. The van der Waals surface area contributed by atoms with Crippen molar-refractivity contribution in [3.8, 4) is 17.2 Å². The van der Waals surface area contributed by atoms with Crippen molar-refractivity contribution < 1.29 is 0 Å². The van der Waals surface area contributed by atoms with E-state index in [9.17, 15) is 5.26 Å². The molecule has 3 rings (SSSR count). The van der Waals surface area contributed by atoms with E-state index in [2.05, 4.69) is 72.3 Å². The number of benzene rings is 2. The summed E-state index contributed by atoms with van der Waals surface area (Å²) >= 11 is 0. The van der Waals surface area contributed by atoms with Crippen LogP contribution in [0.25, 0.3) is 11.1 Å². The Hall–Kier alpha value is -2.15. The summed E-state index contributed by atoms with van der Waals surface area (Å²) in [4.78, 5) is 4.89. The predicted molar refractivity (Wildman–Crippen MR) is 103 cm³/mol. The van der Waals surface area contributed by atoms with Crippen LogP contribution < -0.4 is 0 Å². The maximum atomic E-state index is 9.62. The largest absolute Gasteiger partial charge is 0.305 e. The van der Waals surface area contributed by atoms with Crippen molar-refractivity contribution in [3.63, 3.8) is 0 Å². The van der Waals surface area contributed by atoms with Gasteiger partial charge in [0, 0.05) is 19.6 Å². The minimum Gasteiger partial charge on any atom is -0.305 e. The van der Waals surface area contributed by atoms with E-state index in [0.717, 1.165) is 49.3 Å². The Morgan fingerprint density at radius 2 is 1.72 bits per heavy atom. The number of rotatable bonds is 4. The summed E-state index contributed by atoms with van der Waals surface area (Å²) in [5.41, 5.74) is 5.48. The molecule has 0 aromatic heterocycles. The van der Waals surface area contributed by atoms with Crippen LogP contribution >= 0.6 is 0 Å². The average Bonchev–Trinajstić information content (AvgIpc) is 2.86. The summed E-state index contributed by atoms with van der Waals surface area (Å²) < 4.78 is 0. The fourth-order valence-corrected chi connectivity index (χ4v) is 3.47. The lowest BCUT2D eigenvalue weighted by molar-refractivity contribution is 0.269. The summed E-state index contributed by atoms with van der Waals surface area (Å²) in [7, 11) is 2.19. The fraction of sp³-hybridized carbons (Fsp3) is 0.409. The Bertz CT molecular complexity index is 743. The van der Waals surface area contributed by atoms with Gasteiger partial charge in [0.25, 0.3) is 0 Å². The quantitative estimate of drug-likeness (QED) is 0.849. The summed E-state index contributed by atoms with van der Waals surface area (Å²) in [6.07, 6.45) is 2.25. The van der Waals surface area contributed by atoms with E-state index in [1.165, 1.54) is 24.1 Å². The third-order valence-corrected chi connectivity index (χ3v) is 5.10. The highest BCUT2D eigenvalue weighted by Crippen LogP contribution is 2.25. The van der Waals surface area contributed by atoms with Crippen molar-refractivity contribution >= 4 is 0 Å². The molecule has 1 fully saturated rings. The van der Waals surface area contributed by atoms with Crippen molar-refractivity contribution in [3.05, 3.63) is 59.2 Å². The van der Waals surface area contributed by atoms with Crippen molar-refractivity contribution in [1.82, 2.24) is 9.80 Å². The molecule has 1 aliphatic rings. The third-order valence-electron chi connectivity index (χ3n) is 5.10. The molecule has 0 bridgehead atoms. The summed E-state index contributed by atoms with van der Waals surface area (Å²) in [6.45, 7) is 7.60. The molecule has 130 valence electrons. The number of hydrogen-bond donors (Lipinski definition) is 0. The van der Waals surface area contributed by atoms with Crippen LogP contribution in [0.1, 0.15) is 30.0 Å². The number of aryl methyl sites for hydroxylation is 1. The molecule has 0 saturated carbocycles. The normalized spacial score (nSPS) is 16.4. The highest BCUT2D eigenvalue weighted by molar-refractivity contribution is 5.71. The Morgan fingerprint density at radius 3 is 2.44 bits per heavy atom. The minimum absolute atomic E-state index is 0.772. The molecular weight excluding hydrogens is 306 g/mol. The van der Waals surface area contributed by atoms with Gasteiger partial charge in [-0.25, -0.2) is 0 Å². The van der Waals surface area contributed by atoms with E-state index in [-0.39, 0.29) is 0 Å². The van der Waals surface area contributed by atoms with E-state index in [0.29, 0.717) is 0 Å². The van der Waals surface area contributed by atoms with Crippen molar-refractivity contribution in [2.45, 2.75) is 26.3 Å². The van der Waals surface area contributed by atoms with Crippen LogP contribution in [0.2, 0.25) is 0 Å². The van der Waals surface area contributed by atoms with E-state index in [4.69, 9.17) is 0 Å². The molecule has 0 N–H and O–H groups in total. The first-order chi connectivity index (χ1) is 12.2. The lowest BCUT2D eigenvalue weighted by Gasteiger charge is -2.20. The molecule has 1 saturated heterocycles. The van der Waals surface area contributed by atoms with Gasteiger partial charge in [-0.2, -0.15) is 5.26 Å². The monoisotopic (exact) mass is 333 g/mol. The Kier molecular flexibility index (Phi) is 5.86. The maximum absolute atomic E-state index is 9.62. The van der Waals surface area contributed by atoms with Crippen LogP contribution in [0, 0.1) is 11.3 Å². The van der Waals surface area contributed by atoms with Crippen molar-refractivity contribution in [1.29, 1.82) is 5.26 Å². The molecule has 3 heteroatoms. The average molecular weight is 333 g/mol. The molecule has 0 amide bonds. The number of nitriles is 1. The lowest BCUT2D eigenvalue weighted by atomic mass is 9.97. The third kappa shape index (κ3) is 4.48. The van der Waals surface area contributed by atoms with Gasteiger partial charge in [0.1, 0.15) is 0 Å². The zero-order valence-corrected chi connectivity index (χ0v) is 15.3. The van der Waals surface area contributed by atoms with E-state index in [1.807, 2.05) is 0 Å². The molecule has 25 heavy (non-hydrogen) atoms. The van der Waals surface area contributed by atoms with Crippen LogP contribution in [-0.4, -0.2) is 43.0 Å². The number of hydrogen-bond acceptors (Lipinski definition) is 3. The van der Waals surface area contributed by atoms with Crippen molar-refractivity contribution in [2.75, 3.05) is 33.2 Å². The van der Waals surface area contributed by atoms with E-state index in [1.54, 1.807) is 0 Å². The van der Waals surface area contributed by atoms with Crippen LogP contribution in [-0.2, 0) is 13.0 Å². The van der Waals surface area contributed by atoms with Gasteiger partial charge >= 0.3 is 0 Å². The van der Waals surface area contributed by atoms with Gasteiger partial charge in [0.15, 0.2) is 0 Å². The van der Waals surface area contributed by atoms with Gasteiger partial charge in [-0.15, -0.1) is 0 Å². The van der Waals surface area contributed by atoms with Crippen LogP contribution in [0.3, 0.4) is 0 Å². The minimum atomic E-state index is 0.772. The highest BCUT2D eigenvalue weighted by atomic mass is 15.2. The maximum Gasteiger partial charge on any atom is 0.0998 e. The van der Waals surface area contributed by atoms with Crippen molar-refractivity contribution in [2.24, 2.45) is 0 Å². The first kappa shape index (κ1) is 17.7. The van der Waals surface area contributed by atoms with Gasteiger partial charge < -0.3 is 4.90 Å². The van der Waals surface area contributed by atoms with Gasteiger partial charge in [0.2, 0.25) is 0 Å². The fourth-order valence-electron chi connectivity index (χ4n) is 3.47. The molecular formula is C22H27N3. The predicted octanol–water partition coefficient (Wildman–Crippen LogP) is 3.93. The number of nitrogens with zero attached hydrogens (tertiary/aromatic N) is 3. The molecule has 0 spiro atoms. The van der Waals surface area contributed by atoms with Crippen LogP contribution in [0.5, 0.6) is 0 Å². The number of likely N-dealkylation sites (N-methyl/N-ethyl adjacent to an activating group) is 1.